The molecule has 10 heavy (non-hydrogen) atoms. The van der Waals surface area contributed by atoms with Gasteiger partial charge in [-0.1, -0.05) is 19.1 Å². The Balaban J connectivity index is 2.52. The number of hydrogen-bond donors (Lipinski definition) is 1. The standard InChI is InChI=1S/C7H12N2O/c1-6-3-2-4-9(5-6)7(8)10/h2-3,6H,4-5H2,1H3,(H2,8,10). The topological polar surface area (TPSA) is 46.3 Å². The molecule has 0 radical (unpaired) electrons. The van der Waals surface area contributed by atoms with Crippen molar-refractivity contribution in [3.8, 4) is 0 Å². The van der Waals surface area contributed by atoms with Gasteiger partial charge in [0.2, 0.25) is 0 Å². The maximum atomic E-state index is 10.6. The lowest BCUT2D eigenvalue weighted by Gasteiger charge is -2.24. The molecule has 0 aromatic carbocycles. The van der Waals surface area contributed by atoms with Crippen LogP contribution in [0.3, 0.4) is 0 Å². The molecule has 56 valence electrons. The highest BCUT2D eigenvalue weighted by Gasteiger charge is 2.13. The summed E-state index contributed by atoms with van der Waals surface area (Å²) in [5.74, 6) is 0.446. The Bertz CT molecular complexity index is 165. The van der Waals surface area contributed by atoms with E-state index in [1.807, 2.05) is 6.08 Å². The zero-order valence-electron chi connectivity index (χ0n) is 6.08. The van der Waals surface area contributed by atoms with Crippen molar-refractivity contribution >= 4 is 6.03 Å². The van der Waals surface area contributed by atoms with E-state index in [-0.39, 0.29) is 6.03 Å². The predicted octanol–water partition coefficient (Wildman–Crippen LogP) is 0.573. The van der Waals surface area contributed by atoms with Gasteiger partial charge in [-0.05, 0) is 5.92 Å². The Labute approximate surface area is 60.5 Å². The first kappa shape index (κ1) is 7.12. The van der Waals surface area contributed by atoms with Crippen molar-refractivity contribution < 1.29 is 4.79 Å². The van der Waals surface area contributed by atoms with Crippen LogP contribution in [0.1, 0.15) is 6.92 Å². The van der Waals surface area contributed by atoms with Gasteiger partial charge in [0.25, 0.3) is 0 Å². The second kappa shape index (κ2) is 2.73. The fraction of sp³-hybridized carbons (Fsp3) is 0.571. The molecule has 0 aromatic rings. The third-order valence-electron chi connectivity index (χ3n) is 1.61. The first-order valence-corrected chi connectivity index (χ1v) is 3.41. The minimum absolute atomic E-state index is 0.323. The van der Waals surface area contributed by atoms with Crippen LogP contribution in [0, 0.1) is 5.92 Å². The van der Waals surface area contributed by atoms with E-state index in [1.165, 1.54) is 0 Å². The van der Waals surface area contributed by atoms with Gasteiger partial charge in [-0.2, -0.15) is 0 Å². The molecule has 0 bridgehead atoms. The van der Waals surface area contributed by atoms with Crippen LogP contribution in [0.5, 0.6) is 0 Å². The van der Waals surface area contributed by atoms with E-state index in [0.717, 1.165) is 6.54 Å². The molecule has 3 heteroatoms. The van der Waals surface area contributed by atoms with Crippen LogP contribution >= 0.6 is 0 Å². The summed E-state index contributed by atoms with van der Waals surface area (Å²) in [5, 5.41) is 0. The van der Waals surface area contributed by atoms with Crippen molar-refractivity contribution in [3.05, 3.63) is 12.2 Å². The Hall–Kier alpha value is -0.990. The van der Waals surface area contributed by atoms with E-state index in [1.54, 1.807) is 4.90 Å². The molecule has 1 aliphatic heterocycles. The molecule has 3 nitrogen and oxygen atoms in total. The molecule has 1 aliphatic rings. The minimum Gasteiger partial charge on any atom is -0.351 e. The summed E-state index contributed by atoms with van der Waals surface area (Å²) in [7, 11) is 0. The Morgan fingerprint density at radius 2 is 2.50 bits per heavy atom. The molecule has 1 atom stereocenters. The summed E-state index contributed by atoms with van der Waals surface area (Å²) in [6, 6.07) is -0.323. The molecule has 0 spiro atoms. The number of amides is 2. The van der Waals surface area contributed by atoms with E-state index < -0.39 is 0 Å². The number of rotatable bonds is 0. The van der Waals surface area contributed by atoms with E-state index in [4.69, 9.17) is 5.73 Å². The fourth-order valence-corrected chi connectivity index (χ4v) is 1.08. The molecule has 1 heterocycles. The molecule has 0 fully saturated rings. The molecular weight excluding hydrogens is 128 g/mol. The molecule has 0 saturated carbocycles. The highest BCUT2D eigenvalue weighted by atomic mass is 16.2. The quantitative estimate of drug-likeness (QED) is 0.491. The summed E-state index contributed by atoms with van der Waals surface area (Å²) in [6.45, 7) is 3.48. The van der Waals surface area contributed by atoms with Crippen molar-refractivity contribution in [1.29, 1.82) is 0 Å². The van der Waals surface area contributed by atoms with Crippen molar-refractivity contribution in [1.82, 2.24) is 4.90 Å². The van der Waals surface area contributed by atoms with Gasteiger partial charge in [0.15, 0.2) is 0 Å². The van der Waals surface area contributed by atoms with Gasteiger partial charge in [-0.25, -0.2) is 4.79 Å². The first-order valence-electron chi connectivity index (χ1n) is 3.41. The second-order valence-corrected chi connectivity index (χ2v) is 2.65. The normalized spacial score (nSPS) is 24.9. The number of primary amides is 1. The van der Waals surface area contributed by atoms with Crippen LogP contribution in [-0.2, 0) is 0 Å². The molecule has 1 unspecified atom stereocenters. The van der Waals surface area contributed by atoms with Gasteiger partial charge in [-0.15, -0.1) is 0 Å². The molecule has 1 rings (SSSR count). The van der Waals surface area contributed by atoms with Gasteiger partial charge in [0.1, 0.15) is 0 Å². The van der Waals surface area contributed by atoms with Crippen molar-refractivity contribution in [2.75, 3.05) is 13.1 Å². The largest absolute Gasteiger partial charge is 0.351 e. The number of urea groups is 1. The van der Waals surface area contributed by atoms with Gasteiger partial charge < -0.3 is 10.6 Å². The maximum absolute atomic E-state index is 10.6. The van der Waals surface area contributed by atoms with Crippen LogP contribution < -0.4 is 5.73 Å². The number of carbonyl (C=O) groups is 1. The summed E-state index contributed by atoms with van der Waals surface area (Å²) in [5.41, 5.74) is 5.08. The number of carbonyl (C=O) groups excluding carboxylic acids is 1. The number of hydrogen-bond acceptors (Lipinski definition) is 1. The molecule has 2 amide bonds. The van der Waals surface area contributed by atoms with Crippen LogP contribution in [-0.4, -0.2) is 24.0 Å². The van der Waals surface area contributed by atoms with Crippen molar-refractivity contribution in [2.45, 2.75) is 6.92 Å². The maximum Gasteiger partial charge on any atom is 0.315 e. The molecule has 2 N–H and O–H groups in total. The second-order valence-electron chi connectivity index (χ2n) is 2.65. The number of nitrogens with zero attached hydrogens (tertiary/aromatic N) is 1. The third-order valence-corrected chi connectivity index (χ3v) is 1.61. The number of nitrogens with two attached hydrogens (primary N) is 1. The van der Waals surface area contributed by atoms with Gasteiger partial charge >= 0.3 is 6.03 Å². The molecule has 0 aliphatic carbocycles. The highest BCUT2D eigenvalue weighted by molar-refractivity contribution is 5.72. The minimum atomic E-state index is -0.323. The lowest BCUT2D eigenvalue weighted by molar-refractivity contribution is 0.206. The predicted molar refractivity (Wildman–Crippen MR) is 39.5 cm³/mol. The lowest BCUT2D eigenvalue weighted by atomic mass is 10.1. The van der Waals surface area contributed by atoms with Crippen LogP contribution in [0.4, 0.5) is 4.79 Å². The van der Waals surface area contributed by atoms with E-state index in [2.05, 4.69) is 13.0 Å². The Morgan fingerprint density at radius 1 is 1.80 bits per heavy atom. The lowest BCUT2D eigenvalue weighted by Crippen LogP contribution is -2.40. The Morgan fingerprint density at radius 3 is 2.90 bits per heavy atom. The van der Waals surface area contributed by atoms with Gasteiger partial charge in [-0.3, -0.25) is 0 Å². The van der Waals surface area contributed by atoms with E-state index >= 15 is 0 Å². The average molecular weight is 140 g/mol. The third kappa shape index (κ3) is 1.50. The molecule has 0 aromatic heterocycles. The summed E-state index contributed by atoms with van der Waals surface area (Å²) < 4.78 is 0. The van der Waals surface area contributed by atoms with Crippen molar-refractivity contribution in [2.24, 2.45) is 11.7 Å². The Kier molecular flexibility index (Phi) is 1.94. The van der Waals surface area contributed by atoms with Crippen LogP contribution in [0.15, 0.2) is 12.2 Å². The van der Waals surface area contributed by atoms with E-state index in [9.17, 15) is 4.79 Å². The van der Waals surface area contributed by atoms with E-state index in [0.29, 0.717) is 12.5 Å². The summed E-state index contributed by atoms with van der Waals surface area (Å²) in [4.78, 5) is 12.2. The highest BCUT2D eigenvalue weighted by Crippen LogP contribution is 2.06. The van der Waals surface area contributed by atoms with Crippen LogP contribution in [0.2, 0.25) is 0 Å². The monoisotopic (exact) mass is 140 g/mol. The summed E-state index contributed by atoms with van der Waals surface area (Å²) in [6.07, 6.45) is 4.07. The zero-order chi connectivity index (χ0) is 7.56. The fourth-order valence-electron chi connectivity index (χ4n) is 1.08. The summed E-state index contributed by atoms with van der Waals surface area (Å²) >= 11 is 0. The smallest absolute Gasteiger partial charge is 0.315 e. The SMILES string of the molecule is CC1C=CCN(C(N)=O)C1. The van der Waals surface area contributed by atoms with Gasteiger partial charge in [0, 0.05) is 13.1 Å². The van der Waals surface area contributed by atoms with Gasteiger partial charge in [0.05, 0.1) is 0 Å². The first-order chi connectivity index (χ1) is 4.70. The zero-order valence-corrected chi connectivity index (χ0v) is 6.08. The van der Waals surface area contributed by atoms with Crippen molar-refractivity contribution in [3.63, 3.8) is 0 Å². The van der Waals surface area contributed by atoms with Crippen LogP contribution in [0.25, 0.3) is 0 Å². The molecule has 0 saturated heterocycles. The molecular formula is C7H12N2O. The average Bonchev–Trinajstić information content (AvgIpc) is 1.88.